The van der Waals surface area contributed by atoms with Crippen molar-refractivity contribution in [3.05, 3.63) is 59.7 Å². The molecule has 32 heavy (non-hydrogen) atoms. The summed E-state index contributed by atoms with van der Waals surface area (Å²) in [4.78, 5) is 35.1. The molecule has 0 heterocycles. The molecule has 0 saturated carbocycles. The Balaban J connectivity index is 1.91. The van der Waals surface area contributed by atoms with Gasteiger partial charge in [-0.2, -0.15) is 9.57 Å². The average molecular weight is 458 g/mol. The van der Waals surface area contributed by atoms with E-state index in [0.717, 1.165) is 4.31 Å². The molecule has 0 aromatic heterocycles. The highest BCUT2D eigenvalue weighted by atomic mass is 32.2. The summed E-state index contributed by atoms with van der Waals surface area (Å²) >= 11 is 0. The smallest absolute Gasteiger partial charge is 0.325 e. The van der Waals surface area contributed by atoms with Crippen LogP contribution in [-0.4, -0.2) is 57.8 Å². The van der Waals surface area contributed by atoms with Crippen molar-refractivity contribution in [2.75, 3.05) is 32.6 Å². The molecule has 2 aromatic carbocycles. The number of sulfonamides is 1. The molecule has 0 aliphatic heterocycles. The molecule has 0 spiro atoms. The molecule has 11 heteroatoms. The second-order valence-electron chi connectivity index (χ2n) is 6.67. The molecule has 168 valence electrons. The number of carbonyl (C=O) groups is 3. The van der Waals surface area contributed by atoms with Crippen molar-refractivity contribution < 1.29 is 27.5 Å². The predicted molar refractivity (Wildman–Crippen MR) is 115 cm³/mol. The fraction of sp³-hybridized carbons (Fsp3) is 0.238. The summed E-state index contributed by atoms with van der Waals surface area (Å²) in [5.74, 6) is -1.46. The van der Waals surface area contributed by atoms with E-state index in [4.69, 9.17) is 5.26 Å². The molecule has 0 aliphatic rings. The summed E-state index contributed by atoms with van der Waals surface area (Å²) in [7, 11) is -1.39. The van der Waals surface area contributed by atoms with Crippen molar-refractivity contribution in [3.8, 4) is 6.07 Å². The molecule has 0 aliphatic carbocycles. The minimum atomic E-state index is -3.90. The molecule has 0 unspecified atom stereocenters. The van der Waals surface area contributed by atoms with Crippen LogP contribution >= 0.6 is 0 Å². The molecule has 0 fully saturated rings. The molecular weight excluding hydrogens is 436 g/mol. The first-order valence-electron chi connectivity index (χ1n) is 9.34. The van der Waals surface area contributed by atoms with E-state index in [0.29, 0.717) is 16.8 Å². The molecule has 10 nitrogen and oxygen atoms in total. The largest absolute Gasteiger partial charge is 0.468 e. The second-order valence-corrected chi connectivity index (χ2v) is 8.72. The van der Waals surface area contributed by atoms with Gasteiger partial charge in [-0.25, -0.2) is 8.42 Å². The van der Waals surface area contributed by atoms with Crippen LogP contribution in [0.25, 0.3) is 0 Å². The molecule has 2 amide bonds. The minimum Gasteiger partial charge on any atom is -0.468 e. The summed E-state index contributed by atoms with van der Waals surface area (Å²) in [6.45, 7) is -0.637. The van der Waals surface area contributed by atoms with Crippen LogP contribution in [-0.2, 0) is 35.6 Å². The van der Waals surface area contributed by atoms with Gasteiger partial charge in [0.15, 0.2) is 0 Å². The number of ether oxygens (including phenoxy) is 1. The number of likely N-dealkylation sites (N-methyl/N-ethyl adjacent to an activating group) is 1. The molecular formula is C21H22N4O6S. The first-order chi connectivity index (χ1) is 15.1. The lowest BCUT2D eigenvalue weighted by Crippen LogP contribution is -2.35. The summed E-state index contributed by atoms with van der Waals surface area (Å²) < 4.78 is 30.5. The molecule has 0 atom stereocenters. The maximum atomic E-state index is 12.6. The van der Waals surface area contributed by atoms with Crippen molar-refractivity contribution in [3.63, 3.8) is 0 Å². The third kappa shape index (κ3) is 6.90. The lowest BCUT2D eigenvalue weighted by Gasteiger charge is -2.17. The van der Waals surface area contributed by atoms with Gasteiger partial charge in [0.25, 0.3) is 0 Å². The Kier molecular flexibility index (Phi) is 8.46. The van der Waals surface area contributed by atoms with Crippen LogP contribution in [0.3, 0.4) is 0 Å². The number of methoxy groups -OCH3 is 1. The molecule has 0 radical (unpaired) electrons. The highest BCUT2D eigenvalue weighted by Crippen LogP contribution is 2.15. The Morgan fingerprint density at radius 1 is 1.03 bits per heavy atom. The van der Waals surface area contributed by atoms with Crippen LogP contribution in [0.15, 0.2) is 53.4 Å². The third-order valence-corrected chi connectivity index (χ3v) is 6.14. The number of anilines is 1. The number of carbonyl (C=O) groups excluding carboxylic acids is 3. The number of hydrogen-bond acceptors (Lipinski definition) is 7. The van der Waals surface area contributed by atoms with E-state index in [1.807, 2.05) is 6.07 Å². The molecule has 2 aromatic rings. The molecule has 2 N–H and O–H groups in total. The van der Waals surface area contributed by atoms with Crippen LogP contribution in [0, 0.1) is 11.3 Å². The van der Waals surface area contributed by atoms with Crippen molar-refractivity contribution in [2.45, 2.75) is 11.3 Å². The SMILES string of the molecule is COC(=O)CNC(=O)Cc1ccc(NC(=O)CN(C)S(=O)(=O)c2ccc(C#N)cc2)cc1. The number of benzene rings is 2. The minimum absolute atomic E-state index is 0.0263. The van der Waals surface area contributed by atoms with E-state index < -0.39 is 28.4 Å². The van der Waals surface area contributed by atoms with Gasteiger partial charge in [-0.3, -0.25) is 14.4 Å². The van der Waals surface area contributed by atoms with E-state index in [1.54, 1.807) is 24.3 Å². The number of nitrogens with zero attached hydrogens (tertiary/aromatic N) is 2. The molecule has 0 saturated heterocycles. The van der Waals surface area contributed by atoms with Crippen molar-refractivity contribution in [2.24, 2.45) is 0 Å². The van der Waals surface area contributed by atoms with Crippen LogP contribution in [0.4, 0.5) is 5.69 Å². The fourth-order valence-electron chi connectivity index (χ4n) is 2.57. The number of nitriles is 1. The number of hydrogen-bond donors (Lipinski definition) is 2. The van der Waals surface area contributed by atoms with E-state index >= 15 is 0 Å². The molecule has 0 bridgehead atoms. The summed E-state index contributed by atoms with van der Waals surface area (Å²) in [6, 6.07) is 13.7. The normalized spacial score (nSPS) is 10.8. The van der Waals surface area contributed by atoms with E-state index in [-0.39, 0.29) is 23.8 Å². The zero-order chi connectivity index (χ0) is 23.7. The number of nitrogens with one attached hydrogen (secondary N) is 2. The van der Waals surface area contributed by atoms with Crippen molar-refractivity contribution in [1.82, 2.24) is 9.62 Å². The van der Waals surface area contributed by atoms with Crippen LogP contribution in [0.1, 0.15) is 11.1 Å². The second kappa shape index (κ2) is 11.0. The monoisotopic (exact) mass is 458 g/mol. The Hall–Kier alpha value is -3.75. The number of esters is 1. The highest BCUT2D eigenvalue weighted by Gasteiger charge is 2.23. The van der Waals surface area contributed by atoms with Gasteiger partial charge in [-0.1, -0.05) is 12.1 Å². The first-order valence-corrected chi connectivity index (χ1v) is 10.8. The fourth-order valence-corrected chi connectivity index (χ4v) is 3.69. The molecule has 2 rings (SSSR count). The van der Waals surface area contributed by atoms with Gasteiger partial charge in [0, 0.05) is 12.7 Å². The van der Waals surface area contributed by atoms with Crippen LogP contribution < -0.4 is 10.6 Å². The van der Waals surface area contributed by atoms with E-state index in [2.05, 4.69) is 15.4 Å². The predicted octanol–water partition coefficient (Wildman–Crippen LogP) is 0.649. The van der Waals surface area contributed by atoms with Crippen molar-refractivity contribution >= 4 is 33.5 Å². The zero-order valence-corrected chi connectivity index (χ0v) is 18.3. The summed E-state index contributed by atoms with van der Waals surface area (Å²) in [6.07, 6.45) is 0.0385. The van der Waals surface area contributed by atoms with Gasteiger partial charge in [-0.15, -0.1) is 0 Å². The zero-order valence-electron chi connectivity index (χ0n) is 17.5. The van der Waals surface area contributed by atoms with Gasteiger partial charge in [0.05, 0.1) is 36.6 Å². The first kappa shape index (κ1) is 24.5. The van der Waals surface area contributed by atoms with Gasteiger partial charge < -0.3 is 15.4 Å². The van der Waals surface area contributed by atoms with E-state index in [9.17, 15) is 22.8 Å². The number of amides is 2. The topological polar surface area (TPSA) is 146 Å². The maximum absolute atomic E-state index is 12.6. The van der Waals surface area contributed by atoms with Gasteiger partial charge in [0.1, 0.15) is 6.54 Å². The average Bonchev–Trinajstić information content (AvgIpc) is 2.78. The Labute approximate surface area is 185 Å². The highest BCUT2D eigenvalue weighted by molar-refractivity contribution is 7.89. The Morgan fingerprint density at radius 2 is 1.66 bits per heavy atom. The van der Waals surface area contributed by atoms with Crippen molar-refractivity contribution in [1.29, 1.82) is 5.26 Å². The third-order valence-electron chi connectivity index (χ3n) is 4.32. The van der Waals surface area contributed by atoms with Crippen LogP contribution in [0.2, 0.25) is 0 Å². The maximum Gasteiger partial charge on any atom is 0.325 e. The van der Waals surface area contributed by atoms with Gasteiger partial charge in [-0.05, 0) is 42.0 Å². The Morgan fingerprint density at radius 3 is 2.22 bits per heavy atom. The quantitative estimate of drug-likeness (QED) is 0.525. The van der Waals surface area contributed by atoms with Gasteiger partial charge >= 0.3 is 5.97 Å². The van der Waals surface area contributed by atoms with Gasteiger partial charge in [0.2, 0.25) is 21.8 Å². The standard InChI is InChI=1S/C21H22N4O6S/c1-25(32(29,30)18-9-5-16(12-22)6-10-18)14-20(27)24-17-7-3-15(4-8-17)11-19(26)23-13-21(28)31-2/h3-10H,11,13-14H2,1-2H3,(H,23,26)(H,24,27). The Bertz CT molecular complexity index is 1120. The summed E-state index contributed by atoms with van der Waals surface area (Å²) in [5, 5.41) is 13.8. The number of rotatable bonds is 9. The summed E-state index contributed by atoms with van der Waals surface area (Å²) in [5.41, 5.74) is 1.41. The van der Waals surface area contributed by atoms with Crippen LogP contribution in [0.5, 0.6) is 0 Å². The lowest BCUT2D eigenvalue weighted by atomic mass is 10.1. The lowest BCUT2D eigenvalue weighted by molar-refractivity contribution is -0.141. The van der Waals surface area contributed by atoms with E-state index in [1.165, 1.54) is 38.4 Å².